The van der Waals surface area contributed by atoms with Crippen LogP contribution in [0.2, 0.25) is 0 Å². The predicted molar refractivity (Wildman–Crippen MR) is 90.3 cm³/mol. The van der Waals surface area contributed by atoms with Crippen molar-refractivity contribution in [2.45, 2.75) is 18.9 Å². The third-order valence-corrected chi connectivity index (χ3v) is 6.45. The molecule has 0 spiro atoms. The van der Waals surface area contributed by atoms with Crippen molar-refractivity contribution in [2.24, 2.45) is 0 Å². The van der Waals surface area contributed by atoms with Crippen LogP contribution in [-0.2, 0) is 9.84 Å². The lowest BCUT2D eigenvalue weighted by atomic mass is 10.0. The molecule has 0 aromatic heterocycles. The number of hydrogen-bond acceptors (Lipinski definition) is 4. The Labute approximate surface area is 136 Å². The van der Waals surface area contributed by atoms with Crippen LogP contribution in [0.15, 0.2) is 28.7 Å². The van der Waals surface area contributed by atoms with Crippen molar-refractivity contribution in [3.8, 4) is 0 Å². The molecule has 2 rings (SSSR count). The number of benzene rings is 1. The minimum Gasteiger partial charge on any atom is -0.313 e. The fourth-order valence-electron chi connectivity index (χ4n) is 2.74. The molecular weight excluding hydrogens is 352 g/mol. The van der Waals surface area contributed by atoms with E-state index in [1.807, 2.05) is 19.2 Å². The molecule has 0 amide bonds. The first-order chi connectivity index (χ1) is 10.0. The third-order valence-electron chi connectivity index (χ3n) is 4.01. The molecule has 1 aliphatic heterocycles. The Kier molecular flexibility index (Phi) is 6.22. The molecule has 1 N–H and O–H groups in total. The van der Waals surface area contributed by atoms with Crippen molar-refractivity contribution in [3.05, 3.63) is 34.3 Å². The number of hydrogen-bond donors (Lipinski definition) is 1. The van der Waals surface area contributed by atoms with E-state index in [4.69, 9.17) is 0 Å². The van der Waals surface area contributed by atoms with Crippen molar-refractivity contribution < 1.29 is 8.42 Å². The van der Waals surface area contributed by atoms with Gasteiger partial charge in [-0.1, -0.05) is 34.1 Å². The van der Waals surface area contributed by atoms with Crippen LogP contribution in [0.3, 0.4) is 0 Å². The van der Waals surface area contributed by atoms with Gasteiger partial charge in [0.25, 0.3) is 0 Å². The SMILES string of the molecule is CNC(CCN1CCCS(=O)(=O)CC1)c1ccccc1Br. The highest BCUT2D eigenvalue weighted by molar-refractivity contribution is 9.10. The van der Waals surface area contributed by atoms with Gasteiger partial charge < -0.3 is 10.2 Å². The molecule has 1 saturated heterocycles. The quantitative estimate of drug-likeness (QED) is 0.858. The average molecular weight is 375 g/mol. The van der Waals surface area contributed by atoms with Crippen LogP contribution in [-0.4, -0.2) is 51.5 Å². The zero-order valence-electron chi connectivity index (χ0n) is 12.4. The summed E-state index contributed by atoms with van der Waals surface area (Å²) in [7, 11) is -0.851. The summed E-state index contributed by atoms with van der Waals surface area (Å²) >= 11 is 3.60. The van der Waals surface area contributed by atoms with E-state index in [1.165, 1.54) is 5.56 Å². The van der Waals surface area contributed by atoms with Crippen molar-refractivity contribution in [3.63, 3.8) is 0 Å². The van der Waals surface area contributed by atoms with Crippen molar-refractivity contribution in [1.29, 1.82) is 0 Å². The zero-order chi connectivity index (χ0) is 15.3. The Balaban J connectivity index is 1.93. The molecule has 0 saturated carbocycles. The Morgan fingerprint density at radius 1 is 1.29 bits per heavy atom. The number of nitrogens with one attached hydrogen (secondary N) is 1. The van der Waals surface area contributed by atoms with Gasteiger partial charge in [0.2, 0.25) is 0 Å². The maximum absolute atomic E-state index is 11.6. The molecule has 1 aliphatic rings. The van der Waals surface area contributed by atoms with Crippen LogP contribution in [0.5, 0.6) is 0 Å². The number of nitrogens with zero attached hydrogens (tertiary/aromatic N) is 1. The second kappa shape index (κ2) is 7.72. The fraction of sp³-hybridized carbons (Fsp3) is 0.600. The topological polar surface area (TPSA) is 49.4 Å². The molecule has 4 nitrogen and oxygen atoms in total. The fourth-order valence-corrected chi connectivity index (χ4v) is 4.61. The monoisotopic (exact) mass is 374 g/mol. The molecule has 118 valence electrons. The molecule has 1 heterocycles. The van der Waals surface area contributed by atoms with Crippen LogP contribution in [0, 0.1) is 0 Å². The molecule has 1 aromatic rings. The normalized spacial score (nSPS) is 20.9. The third kappa shape index (κ3) is 5.06. The van der Waals surface area contributed by atoms with Gasteiger partial charge in [-0.15, -0.1) is 0 Å². The summed E-state index contributed by atoms with van der Waals surface area (Å²) in [5.41, 5.74) is 1.25. The van der Waals surface area contributed by atoms with Gasteiger partial charge in [-0.25, -0.2) is 8.42 Å². The first-order valence-electron chi connectivity index (χ1n) is 7.36. The van der Waals surface area contributed by atoms with E-state index < -0.39 is 9.84 Å². The summed E-state index contributed by atoms with van der Waals surface area (Å²) in [5.74, 6) is 0.634. The lowest BCUT2D eigenvalue weighted by Crippen LogP contribution is -2.31. The predicted octanol–water partition coefficient (Wildman–Crippen LogP) is 2.22. The Hall–Kier alpha value is -0.430. The number of sulfone groups is 1. The first-order valence-corrected chi connectivity index (χ1v) is 9.98. The van der Waals surface area contributed by atoms with Gasteiger partial charge in [-0.2, -0.15) is 0 Å². The molecule has 1 fully saturated rings. The van der Waals surface area contributed by atoms with Crippen LogP contribution in [0.25, 0.3) is 0 Å². The molecule has 21 heavy (non-hydrogen) atoms. The summed E-state index contributed by atoms with van der Waals surface area (Å²) in [6.07, 6.45) is 1.72. The van der Waals surface area contributed by atoms with Gasteiger partial charge in [0.15, 0.2) is 9.84 Å². The van der Waals surface area contributed by atoms with E-state index in [-0.39, 0.29) is 6.04 Å². The first kappa shape index (κ1) is 16.9. The van der Waals surface area contributed by atoms with Gasteiger partial charge in [-0.3, -0.25) is 0 Å². The van der Waals surface area contributed by atoms with Crippen LogP contribution in [0.1, 0.15) is 24.4 Å². The average Bonchev–Trinajstić information content (AvgIpc) is 2.62. The molecular formula is C15H23BrN2O2S. The molecule has 1 unspecified atom stereocenters. The Bertz CT molecular complexity index is 563. The van der Waals surface area contributed by atoms with Gasteiger partial charge >= 0.3 is 0 Å². The van der Waals surface area contributed by atoms with Gasteiger partial charge in [0.05, 0.1) is 11.5 Å². The molecule has 1 aromatic carbocycles. The second-order valence-corrected chi connectivity index (χ2v) is 8.66. The summed E-state index contributed by atoms with van der Waals surface area (Å²) < 4.78 is 24.4. The van der Waals surface area contributed by atoms with Crippen LogP contribution in [0.4, 0.5) is 0 Å². The van der Waals surface area contributed by atoms with E-state index in [1.54, 1.807) is 0 Å². The second-order valence-electron chi connectivity index (χ2n) is 5.50. The minimum atomic E-state index is -2.82. The van der Waals surface area contributed by atoms with Gasteiger partial charge in [0, 0.05) is 17.1 Å². The summed E-state index contributed by atoms with van der Waals surface area (Å²) in [4.78, 5) is 2.27. The van der Waals surface area contributed by atoms with Crippen molar-refractivity contribution in [1.82, 2.24) is 10.2 Å². The highest BCUT2D eigenvalue weighted by atomic mass is 79.9. The number of halogens is 1. The Morgan fingerprint density at radius 3 is 2.76 bits per heavy atom. The Morgan fingerprint density at radius 2 is 2.05 bits per heavy atom. The maximum atomic E-state index is 11.6. The van der Waals surface area contributed by atoms with E-state index >= 15 is 0 Å². The van der Waals surface area contributed by atoms with E-state index in [2.05, 4.69) is 38.3 Å². The van der Waals surface area contributed by atoms with Gasteiger partial charge in [-0.05, 0) is 44.6 Å². The molecule has 1 atom stereocenters. The minimum absolute atomic E-state index is 0.278. The zero-order valence-corrected chi connectivity index (χ0v) is 14.8. The largest absolute Gasteiger partial charge is 0.313 e. The van der Waals surface area contributed by atoms with Gasteiger partial charge in [0.1, 0.15) is 0 Å². The molecule has 0 aliphatic carbocycles. The smallest absolute Gasteiger partial charge is 0.151 e. The summed E-state index contributed by atoms with van der Waals surface area (Å²) in [5, 5.41) is 3.36. The highest BCUT2D eigenvalue weighted by Gasteiger charge is 2.20. The lowest BCUT2D eigenvalue weighted by Gasteiger charge is -2.24. The number of rotatable bonds is 5. The van der Waals surface area contributed by atoms with E-state index in [0.717, 1.165) is 30.4 Å². The van der Waals surface area contributed by atoms with E-state index in [0.29, 0.717) is 18.1 Å². The van der Waals surface area contributed by atoms with Crippen LogP contribution < -0.4 is 5.32 Å². The highest BCUT2D eigenvalue weighted by Crippen LogP contribution is 2.25. The van der Waals surface area contributed by atoms with Crippen molar-refractivity contribution >= 4 is 25.8 Å². The molecule has 0 bridgehead atoms. The summed E-state index contributed by atoms with van der Waals surface area (Å²) in [6, 6.07) is 8.51. The standard InChI is InChI=1S/C15H23BrN2O2S/c1-17-15(13-5-2-3-6-14(13)16)7-9-18-8-4-11-21(19,20)12-10-18/h2-3,5-6,15,17H,4,7-12H2,1H3. The van der Waals surface area contributed by atoms with Crippen molar-refractivity contribution in [2.75, 3.05) is 38.2 Å². The van der Waals surface area contributed by atoms with Crippen LogP contribution >= 0.6 is 15.9 Å². The molecule has 0 radical (unpaired) electrons. The maximum Gasteiger partial charge on any atom is 0.151 e. The molecule has 6 heteroatoms. The lowest BCUT2D eigenvalue weighted by molar-refractivity contribution is 0.277. The summed E-state index contributed by atoms with van der Waals surface area (Å²) in [6.45, 7) is 2.46. The van der Waals surface area contributed by atoms with E-state index in [9.17, 15) is 8.42 Å².